The maximum absolute atomic E-state index is 13.4. The van der Waals surface area contributed by atoms with E-state index in [4.69, 9.17) is 0 Å². The van der Waals surface area contributed by atoms with Gasteiger partial charge in [0.25, 0.3) is 11.6 Å². The minimum Gasteiger partial charge on any atom is -0.373 e. The molecule has 0 fully saturated rings. The molecular formula is C31H26F6N2O2. The third kappa shape index (κ3) is 7.06. The lowest BCUT2D eigenvalue weighted by Crippen LogP contribution is -2.26. The number of nitrogens with zero attached hydrogens (tertiary/aromatic N) is 2. The van der Waals surface area contributed by atoms with Gasteiger partial charge in [-0.05, 0) is 41.7 Å². The third-order valence-electron chi connectivity index (χ3n) is 6.64. The van der Waals surface area contributed by atoms with Crippen molar-refractivity contribution in [2.24, 2.45) is 0 Å². The van der Waals surface area contributed by atoms with Gasteiger partial charge in [0.05, 0.1) is 11.1 Å². The fourth-order valence-corrected chi connectivity index (χ4v) is 4.60. The van der Waals surface area contributed by atoms with Crippen molar-refractivity contribution in [2.75, 3.05) is 18.0 Å². The maximum Gasteiger partial charge on any atom is 0.454 e. The van der Waals surface area contributed by atoms with Crippen molar-refractivity contribution in [2.45, 2.75) is 32.2 Å². The van der Waals surface area contributed by atoms with Gasteiger partial charge < -0.3 is 9.80 Å². The van der Waals surface area contributed by atoms with Crippen LogP contribution in [0.25, 0.3) is 11.1 Å². The minimum absolute atomic E-state index is 0.146. The Morgan fingerprint density at radius 1 is 0.805 bits per heavy atom. The number of fused-ring (bicyclic) bond motifs is 1. The van der Waals surface area contributed by atoms with Crippen LogP contribution in [-0.2, 0) is 22.6 Å². The van der Waals surface area contributed by atoms with Crippen LogP contribution >= 0.6 is 0 Å². The monoisotopic (exact) mass is 572 g/mol. The molecule has 3 aromatic carbocycles. The fraction of sp³-hybridized carbons (Fsp3) is 0.226. The predicted octanol–water partition coefficient (Wildman–Crippen LogP) is 7.22. The van der Waals surface area contributed by atoms with Gasteiger partial charge in [0.2, 0.25) is 0 Å². The molecule has 3 aromatic rings. The number of hydrogen-bond donors (Lipinski definition) is 0. The summed E-state index contributed by atoms with van der Waals surface area (Å²) in [6, 6.07) is 20.5. The lowest BCUT2D eigenvalue weighted by molar-refractivity contribution is -0.164. The van der Waals surface area contributed by atoms with E-state index in [9.17, 15) is 35.9 Å². The highest BCUT2D eigenvalue weighted by molar-refractivity contribution is 6.24. The van der Waals surface area contributed by atoms with Gasteiger partial charge in [0.1, 0.15) is 0 Å². The molecule has 214 valence electrons. The first-order valence-corrected chi connectivity index (χ1v) is 12.8. The van der Waals surface area contributed by atoms with Gasteiger partial charge in [0, 0.05) is 37.7 Å². The van der Waals surface area contributed by atoms with Crippen LogP contribution in [0, 0.1) is 0 Å². The molecule has 4 nitrogen and oxygen atoms in total. The SMILES string of the molecule is CCN(/C=C(/C(=O)C(F)(F)F)c1ccccc1)Cc1ccc2c(c1)CCN2/C=C(\C(=O)C(F)(F)F)c1ccccc1. The summed E-state index contributed by atoms with van der Waals surface area (Å²) >= 11 is 0. The van der Waals surface area contributed by atoms with Gasteiger partial charge in [-0.3, -0.25) is 9.59 Å². The molecule has 0 bridgehead atoms. The van der Waals surface area contributed by atoms with Crippen molar-refractivity contribution < 1.29 is 35.9 Å². The van der Waals surface area contributed by atoms with E-state index in [1.165, 1.54) is 36.7 Å². The number of Topliss-reactive ketones (excluding diaryl/α,β-unsaturated/α-hetero) is 2. The Kier molecular flexibility index (Phi) is 8.70. The summed E-state index contributed by atoms with van der Waals surface area (Å²) < 4.78 is 80.2. The Balaban J connectivity index is 1.62. The van der Waals surface area contributed by atoms with Gasteiger partial charge in [-0.2, -0.15) is 26.3 Å². The first kappa shape index (κ1) is 29.6. The van der Waals surface area contributed by atoms with Gasteiger partial charge >= 0.3 is 12.4 Å². The maximum atomic E-state index is 13.4. The van der Waals surface area contributed by atoms with Crippen LogP contribution in [0.4, 0.5) is 32.0 Å². The number of anilines is 1. The van der Waals surface area contributed by atoms with E-state index in [-0.39, 0.29) is 17.7 Å². The summed E-state index contributed by atoms with van der Waals surface area (Å²) in [6.45, 7) is 2.60. The molecule has 1 heterocycles. The van der Waals surface area contributed by atoms with E-state index in [2.05, 4.69) is 0 Å². The van der Waals surface area contributed by atoms with E-state index < -0.39 is 35.1 Å². The fourth-order valence-electron chi connectivity index (χ4n) is 4.60. The van der Waals surface area contributed by atoms with Crippen LogP contribution < -0.4 is 4.90 Å². The molecule has 0 N–H and O–H groups in total. The molecule has 0 aliphatic carbocycles. The molecule has 0 saturated heterocycles. The largest absolute Gasteiger partial charge is 0.454 e. The highest BCUT2D eigenvalue weighted by Gasteiger charge is 2.42. The zero-order valence-electron chi connectivity index (χ0n) is 22.0. The first-order chi connectivity index (χ1) is 19.4. The zero-order chi connectivity index (χ0) is 29.8. The van der Waals surface area contributed by atoms with Crippen LogP contribution in [0.5, 0.6) is 0 Å². The second-order valence-corrected chi connectivity index (χ2v) is 9.44. The summed E-state index contributed by atoms with van der Waals surface area (Å²) in [6.07, 6.45) is -7.17. The highest BCUT2D eigenvalue weighted by atomic mass is 19.4. The average Bonchev–Trinajstić information content (AvgIpc) is 3.35. The van der Waals surface area contributed by atoms with Crippen LogP contribution in [0.3, 0.4) is 0 Å². The van der Waals surface area contributed by atoms with Crippen molar-refractivity contribution in [3.8, 4) is 0 Å². The van der Waals surface area contributed by atoms with E-state index in [0.717, 1.165) is 11.1 Å². The molecule has 0 aromatic heterocycles. The van der Waals surface area contributed by atoms with E-state index in [1.807, 2.05) is 6.07 Å². The second-order valence-electron chi connectivity index (χ2n) is 9.44. The third-order valence-corrected chi connectivity index (χ3v) is 6.64. The predicted molar refractivity (Wildman–Crippen MR) is 145 cm³/mol. The topological polar surface area (TPSA) is 40.6 Å². The lowest BCUT2D eigenvalue weighted by atomic mass is 10.0. The number of alkyl halides is 6. The summed E-state index contributed by atoms with van der Waals surface area (Å²) in [7, 11) is 0. The number of halogens is 6. The second kappa shape index (κ2) is 12.0. The van der Waals surface area contributed by atoms with Gasteiger partial charge in [-0.1, -0.05) is 72.8 Å². The van der Waals surface area contributed by atoms with Crippen LogP contribution in [0.15, 0.2) is 91.3 Å². The Hall–Kier alpha value is -4.34. The average molecular weight is 573 g/mol. The molecule has 10 heteroatoms. The van der Waals surface area contributed by atoms with Crippen molar-refractivity contribution in [1.82, 2.24) is 4.90 Å². The van der Waals surface area contributed by atoms with Crippen LogP contribution in [0.2, 0.25) is 0 Å². The Morgan fingerprint density at radius 3 is 1.88 bits per heavy atom. The molecular weight excluding hydrogens is 546 g/mol. The first-order valence-electron chi connectivity index (χ1n) is 12.8. The standard InChI is InChI=1S/C31H26F6N2O2/c1-2-38(19-25(28(40)30(32,33)34)22-9-5-3-6-10-22)18-21-13-14-27-24(17-21)15-16-39(27)20-26(29(41)31(35,36)37)23-11-7-4-8-12-23/h3-14,17,19-20H,2,15-16,18H2,1H3/b25-19+,26-20-. The summed E-state index contributed by atoms with van der Waals surface area (Å²) in [5, 5.41) is 0. The zero-order valence-corrected chi connectivity index (χ0v) is 22.0. The van der Waals surface area contributed by atoms with Gasteiger partial charge in [-0.15, -0.1) is 0 Å². The Labute approximate surface area is 233 Å². The Bertz CT molecular complexity index is 1460. The van der Waals surface area contributed by atoms with Crippen molar-refractivity contribution in [3.63, 3.8) is 0 Å². The van der Waals surface area contributed by atoms with Crippen LogP contribution in [0.1, 0.15) is 29.2 Å². The number of ketones is 2. The lowest BCUT2D eigenvalue weighted by Gasteiger charge is -2.22. The number of allylic oxidation sites excluding steroid dienone is 2. The minimum atomic E-state index is -5.04. The molecule has 4 rings (SSSR count). The van der Waals surface area contributed by atoms with Crippen molar-refractivity contribution in [1.29, 1.82) is 0 Å². The molecule has 1 aliphatic rings. The van der Waals surface area contributed by atoms with E-state index in [1.54, 1.807) is 65.3 Å². The molecule has 0 saturated carbocycles. The van der Waals surface area contributed by atoms with E-state index >= 15 is 0 Å². The van der Waals surface area contributed by atoms with E-state index in [0.29, 0.717) is 25.2 Å². The highest BCUT2D eigenvalue weighted by Crippen LogP contribution is 2.34. The van der Waals surface area contributed by atoms with Crippen LogP contribution in [-0.4, -0.2) is 41.9 Å². The summed E-state index contributed by atoms with van der Waals surface area (Å²) in [5.74, 6) is -3.89. The van der Waals surface area contributed by atoms with Crippen molar-refractivity contribution >= 4 is 28.4 Å². The smallest absolute Gasteiger partial charge is 0.373 e. The Morgan fingerprint density at radius 2 is 1.34 bits per heavy atom. The molecule has 0 radical (unpaired) electrons. The summed E-state index contributed by atoms with van der Waals surface area (Å²) in [4.78, 5) is 27.7. The molecule has 0 amide bonds. The number of benzene rings is 3. The molecule has 1 aliphatic heterocycles. The molecule has 0 atom stereocenters. The van der Waals surface area contributed by atoms with Gasteiger partial charge in [0.15, 0.2) is 0 Å². The number of carbonyl (C=O) groups is 2. The molecule has 0 spiro atoms. The number of carbonyl (C=O) groups excluding carboxylic acids is 2. The normalized spacial score (nSPS) is 14.2. The molecule has 41 heavy (non-hydrogen) atoms. The summed E-state index contributed by atoms with van der Waals surface area (Å²) in [5.41, 5.74) is 1.54. The number of hydrogen-bond acceptors (Lipinski definition) is 4. The quantitative estimate of drug-likeness (QED) is 0.201. The number of rotatable bonds is 9. The molecule has 0 unspecified atom stereocenters. The van der Waals surface area contributed by atoms with Gasteiger partial charge in [-0.25, -0.2) is 0 Å². The van der Waals surface area contributed by atoms with Crippen molar-refractivity contribution in [3.05, 3.63) is 114 Å².